The standard InChI is InChI=1S/C12H15N3O4S2/c1-12(2,3)10(16)14-15-21(18,19)7-4-5-8-9(6-7)20-11(17)13-8/h4-6,15H,1-3H3,(H,13,17)(H,14,16). The maximum atomic E-state index is 12.1. The molecule has 0 aliphatic rings. The number of hydrogen-bond acceptors (Lipinski definition) is 5. The van der Waals surface area contributed by atoms with Crippen LogP contribution in [0.15, 0.2) is 27.9 Å². The van der Waals surface area contributed by atoms with Gasteiger partial charge in [0, 0.05) is 5.41 Å². The number of carbonyl (C=O) groups excluding carboxylic acids is 1. The molecule has 0 fully saturated rings. The molecule has 0 aliphatic heterocycles. The second-order valence-electron chi connectivity index (χ2n) is 5.48. The smallest absolute Gasteiger partial charge is 0.305 e. The average molecular weight is 329 g/mol. The Morgan fingerprint density at radius 2 is 1.95 bits per heavy atom. The Hall–Kier alpha value is -1.71. The Kier molecular flexibility index (Phi) is 3.91. The first-order valence-electron chi connectivity index (χ1n) is 6.05. The first kappa shape index (κ1) is 15.7. The molecule has 0 spiro atoms. The molecular formula is C12H15N3O4S2. The molecule has 0 radical (unpaired) electrons. The molecular weight excluding hydrogens is 314 g/mol. The van der Waals surface area contributed by atoms with Gasteiger partial charge in [0.25, 0.3) is 10.0 Å². The van der Waals surface area contributed by atoms with Gasteiger partial charge in [-0.3, -0.25) is 15.0 Å². The number of H-pyrrole nitrogens is 1. The maximum absolute atomic E-state index is 12.1. The molecule has 1 heterocycles. The highest BCUT2D eigenvalue weighted by Gasteiger charge is 2.23. The molecule has 2 rings (SSSR count). The van der Waals surface area contributed by atoms with Crippen molar-refractivity contribution in [3.63, 3.8) is 0 Å². The van der Waals surface area contributed by atoms with Crippen molar-refractivity contribution < 1.29 is 13.2 Å². The lowest BCUT2D eigenvalue weighted by Crippen LogP contribution is -2.46. The van der Waals surface area contributed by atoms with E-state index in [-0.39, 0.29) is 9.77 Å². The number of hydrogen-bond donors (Lipinski definition) is 3. The third kappa shape index (κ3) is 3.49. The number of carbonyl (C=O) groups is 1. The highest BCUT2D eigenvalue weighted by Crippen LogP contribution is 2.19. The quantitative estimate of drug-likeness (QED) is 0.728. The Balaban J connectivity index is 2.25. The molecule has 1 aromatic heterocycles. The predicted octanol–water partition coefficient (Wildman–Crippen LogP) is 0.945. The van der Waals surface area contributed by atoms with Crippen LogP contribution in [-0.4, -0.2) is 19.3 Å². The van der Waals surface area contributed by atoms with E-state index in [1.54, 1.807) is 20.8 Å². The molecule has 0 saturated heterocycles. The van der Waals surface area contributed by atoms with Crippen molar-refractivity contribution in [1.82, 2.24) is 15.2 Å². The van der Waals surface area contributed by atoms with Gasteiger partial charge in [-0.15, -0.1) is 4.83 Å². The van der Waals surface area contributed by atoms with Crippen molar-refractivity contribution in [2.75, 3.05) is 0 Å². The van der Waals surface area contributed by atoms with Gasteiger partial charge in [0.15, 0.2) is 0 Å². The number of fused-ring (bicyclic) bond motifs is 1. The van der Waals surface area contributed by atoms with E-state index < -0.39 is 21.3 Å². The van der Waals surface area contributed by atoms with Crippen LogP contribution in [0.4, 0.5) is 0 Å². The normalized spacial score (nSPS) is 12.5. The molecule has 0 unspecified atom stereocenters. The van der Waals surface area contributed by atoms with Crippen molar-refractivity contribution in [3.8, 4) is 0 Å². The second-order valence-corrected chi connectivity index (χ2v) is 8.18. The number of rotatable bonds is 3. The number of hydrazine groups is 1. The molecule has 1 aromatic carbocycles. The van der Waals surface area contributed by atoms with Crippen LogP contribution in [0.2, 0.25) is 0 Å². The summed E-state index contributed by atoms with van der Waals surface area (Å²) in [7, 11) is -3.89. The van der Waals surface area contributed by atoms with Crippen molar-refractivity contribution in [1.29, 1.82) is 0 Å². The van der Waals surface area contributed by atoms with Crippen LogP contribution in [-0.2, 0) is 14.8 Å². The van der Waals surface area contributed by atoms with Crippen LogP contribution < -0.4 is 15.1 Å². The summed E-state index contributed by atoms with van der Waals surface area (Å²) in [5, 5.41) is 0. The Labute approximate surface area is 125 Å². The number of amides is 1. The van der Waals surface area contributed by atoms with Crippen LogP contribution >= 0.6 is 11.3 Å². The number of benzene rings is 1. The van der Waals surface area contributed by atoms with Gasteiger partial charge in [-0.05, 0) is 18.2 Å². The summed E-state index contributed by atoms with van der Waals surface area (Å²) in [5.74, 6) is -0.446. The zero-order chi connectivity index (χ0) is 15.8. The summed E-state index contributed by atoms with van der Waals surface area (Å²) in [5.41, 5.74) is 2.03. The van der Waals surface area contributed by atoms with E-state index in [4.69, 9.17) is 0 Å². The number of thiazole rings is 1. The van der Waals surface area contributed by atoms with Crippen LogP contribution in [0.1, 0.15) is 20.8 Å². The summed E-state index contributed by atoms with van der Waals surface area (Å²) in [6.45, 7) is 5.00. The van der Waals surface area contributed by atoms with Crippen molar-refractivity contribution in [3.05, 3.63) is 27.9 Å². The zero-order valence-corrected chi connectivity index (χ0v) is 13.3. The topological polar surface area (TPSA) is 108 Å². The second kappa shape index (κ2) is 5.24. The van der Waals surface area contributed by atoms with Crippen molar-refractivity contribution in [2.24, 2.45) is 5.41 Å². The third-order valence-corrected chi connectivity index (χ3v) is 4.77. The molecule has 9 heteroatoms. The summed E-state index contributed by atoms with van der Waals surface area (Å²) in [6, 6.07) is 4.24. The highest BCUT2D eigenvalue weighted by molar-refractivity contribution is 7.89. The maximum Gasteiger partial charge on any atom is 0.305 e. The highest BCUT2D eigenvalue weighted by atomic mass is 32.2. The lowest BCUT2D eigenvalue weighted by molar-refractivity contribution is -0.129. The van der Waals surface area contributed by atoms with E-state index in [1.165, 1.54) is 18.2 Å². The molecule has 0 bridgehead atoms. The minimum absolute atomic E-state index is 0.0283. The summed E-state index contributed by atoms with van der Waals surface area (Å²) >= 11 is 0.920. The number of sulfonamides is 1. The monoisotopic (exact) mass is 329 g/mol. The van der Waals surface area contributed by atoms with E-state index in [0.29, 0.717) is 10.2 Å². The van der Waals surface area contributed by atoms with Crippen LogP contribution in [0.25, 0.3) is 10.2 Å². The van der Waals surface area contributed by atoms with Gasteiger partial charge in [0.2, 0.25) is 5.91 Å². The molecule has 21 heavy (non-hydrogen) atoms. The minimum Gasteiger partial charge on any atom is -0.312 e. The summed E-state index contributed by atoms with van der Waals surface area (Å²) < 4.78 is 24.7. The van der Waals surface area contributed by atoms with E-state index in [0.717, 1.165) is 11.3 Å². The number of nitrogens with one attached hydrogen (secondary N) is 3. The zero-order valence-electron chi connectivity index (χ0n) is 11.7. The lowest BCUT2D eigenvalue weighted by Gasteiger charge is -2.17. The SMILES string of the molecule is CC(C)(C)C(=O)NNS(=O)(=O)c1ccc2[nH]c(=O)sc2c1. The van der Waals surface area contributed by atoms with Gasteiger partial charge < -0.3 is 4.98 Å². The molecule has 7 nitrogen and oxygen atoms in total. The average Bonchev–Trinajstić information content (AvgIpc) is 2.73. The molecule has 0 atom stereocenters. The molecule has 114 valence electrons. The first-order chi connectivity index (χ1) is 9.59. The van der Waals surface area contributed by atoms with Gasteiger partial charge in [-0.25, -0.2) is 8.42 Å². The number of aromatic amines is 1. The third-order valence-electron chi connectivity index (χ3n) is 2.68. The number of aromatic nitrogens is 1. The van der Waals surface area contributed by atoms with E-state index in [2.05, 4.69) is 10.4 Å². The first-order valence-corrected chi connectivity index (χ1v) is 8.35. The van der Waals surface area contributed by atoms with Gasteiger partial charge in [0.05, 0.1) is 15.1 Å². The van der Waals surface area contributed by atoms with Gasteiger partial charge in [0.1, 0.15) is 0 Å². The van der Waals surface area contributed by atoms with Gasteiger partial charge >= 0.3 is 4.87 Å². The summed E-state index contributed by atoms with van der Waals surface area (Å²) in [6.07, 6.45) is 0. The van der Waals surface area contributed by atoms with Gasteiger partial charge in [-0.2, -0.15) is 0 Å². The minimum atomic E-state index is -3.89. The largest absolute Gasteiger partial charge is 0.312 e. The van der Waals surface area contributed by atoms with Crippen LogP contribution in [0, 0.1) is 5.41 Å². The van der Waals surface area contributed by atoms with Crippen LogP contribution in [0.5, 0.6) is 0 Å². The Morgan fingerprint density at radius 3 is 2.57 bits per heavy atom. The van der Waals surface area contributed by atoms with Crippen LogP contribution in [0.3, 0.4) is 0 Å². The molecule has 1 amide bonds. The fourth-order valence-electron chi connectivity index (χ4n) is 1.45. The Bertz CT molecular complexity index is 843. The summed E-state index contributed by atoms with van der Waals surface area (Å²) in [4.78, 5) is 27.2. The lowest BCUT2D eigenvalue weighted by atomic mass is 9.96. The van der Waals surface area contributed by atoms with Gasteiger partial charge in [-0.1, -0.05) is 32.1 Å². The molecule has 0 aliphatic carbocycles. The van der Waals surface area contributed by atoms with Crippen molar-refractivity contribution >= 4 is 37.5 Å². The molecule has 2 aromatic rings. The van der Waals surface area contributed by atoms with Crippen molar-refractivity contribution in [2.45, 2.75) is 25.7 Å². The van der Waals surface area contributed by atoms with E-state index in [1.807, 2.05) is 4.83 Å². The molecule has 0 saturated carbocycles. The predicted molar refractivity (Wildman–Crippen MR) is 80.4 cm³/mol. The Morgan fingerprint density at radius 1 is 1.29 bits per heavy atom. The van der Waals surface area contributed by atoms with E-state index in [9.17, 15) is 18.0 Å². The molecule has 3 N–H and O–H groups in total. The fraction of sp³-hybridized carbons (Fsp3) is 0.333. The van der Waals surface area contributed by atoms with E-state index >= 15 is 0 Å². The fourth-order valence-corrected chi connectivity index (χ4v) is 3.17.